The van der Waals surface area contributed by atoms with Crippen LogP contribution in [0.2, 0.25) is 104 Å². The molecule has 0 bridgehead atoms. The lowest BCUT2D eigenvalue weighted by Gasteiger charge is -2.43. The van der Waals surface area contributed by atoms with Crippen molar-refractivity contribution in [3.8, 4) is 12.1 Å². The van der Waals surface area contributed by atoms with E-state index in [2.05, 4.69) is 110 Å². The summed E-state index contributed by atoms with van der Waals surface area (Å²) in [4.78, 5) is 0. The number of rotatable bonds is 16. The molecular weight excluding hydrogens is 633 g/mol. The lowest BCUT2D eigenvalue weighted by atomic mass is 10.0. The number of benzene rings is 1. The van der Waals surface area contributed by atoms with Crippen molar-refractivity contribution in [1.82, 2.24) is 0 Å². The average molecular weight is 687 g/mol. The summed E-state index contributed by atoms with van der Waals surface area (Å²) in [7, 11) is -16.3. The molecular formula is C26H54N2O6Si7. The molecule has 0 aromatic heterocycles. The van der Waals surface area contributed by atoms with Crippen LogP contribution in [0.25, 0.3) is 0 Å². The van der Waals surface area contributed by atoms with Gasteiger partial charge >= 0.3 is 42.8 Å². The van der Waals surface area contributed by atoms with E-state index in [1.165, 1.54) is 0 Å². The summed E-state index contributed by atoms with van der Waals surface area (Å²) < 4.78 is 39.8. The van der Waals surface area contributed by atoms with Gasteiger partial charge < -0.3 is 24.7 Å². The lowest BCUT2D eigenvalue weighted by Crippen LogP contribution is -2.60. The Hall–Kier alpha value is -0.522. The van der Waals surface area contributed by atoms with Crippen molar-refractivity contribution in [1.29, 1.82) is 10.5 Å². The highest BCUT2D eigenvalue weighted by atomic mass is 28.5. The standard InChI is InChI=1S/C26H54N2O6Si7/c1-35(2,3)29-37(6,7)31-39(10,11)33-41(14,15)34-40(12,13)32-38(8,9)30-36(4,5)20-16-17-24-18-19-25(22-27)26(21-24)23-28/h18-19,21H,16-17,20H2,1-15H3. The lowest BCUT2D eigenvalue weighted by molar-refractivity contribution is 0.271. The third kappa shape index (κ3) is 15.7. The fraction of sp³-hybridized carbons (Fsp3) is 0.692. The van der Waals surface area contributed by atoms with Gasteiger partial charge in [-0.1, -0.05) is 6.07 Å². The first kappa shape index (κ1) is 38.5. The minimum absolute atomic E-state index is 0.421. The van der Waals surface area contributed by atoms with Crippen molar-refractivity contribution in [2.45, 2.75) is 117 Å². The van der Waals surface area contributed by atoms with E-state index in [4.69, 9.17) is 30.0 Å². The first-order valence-corrected chi connectivity index (χ1v) is 34.9. The van der Waals surface area contributed by atoms with Gasteiger partial charge in [-0.25, -0.2) is 0 Å². The zero-order valence-corrected chi connectivity index (χ0v) is 35.2. The Kier molecular flexibility index (Phi) is 13.2. The molecule has 232 valence electrons. The third-order valence-electron chi connectivity index (χ3n) is 5.61. The fourth-order valence-corrected chi connectivity index (χ4v) is 39.9. The van der Waals surface area contributed by atoms with Crippen LogP contribution in [0.4, 0.5) is 0 Å². The summed E-state index contributed by atoms with van der Waals surface area (Å²) >= 11 is 0. The van der Waals surface area contributed by atoms with Crippen molar-refractivity contribution in [3.05, 3.63) is 34.9 Å². The molecule has 15 heteroatoms. The molecule has 41 heavy (non-hydrogen) atoms. The fourth-order valence-electron chi connectivity index (χ4n) is 5.58. The first-order valence-electron chi connectivity index (χ1n) is 14.3. The van der Waals surface area contributed by atoms with E-state index in [1.54, 1.807) is 6.07 Å². The van der Waals surface area contributed by atoms with Gasteiger partial charge in [-0.3, -0.25) is 0 Å². The van der Waals surface area contributed by atoms with Crippen LogP contribution >= 0.6 is 0 Å². The molecule has 0 aliphatic heterocycles. The van der Waals surface area contributed by atoms with Gasteiger partial charge in [-0.15, -0.1) is 0 Å². The predicted octanol–water partition coefficient (Wildman–Crippen LogP) is 8.01. The maximum atomic E-state index is 9.31. The second kappa shape index (κ2) is 14.1. The van der Waals surface area contributed by atoms with E-state index in [1.807, 2.05) is 12.1 Å². The summed E-state index contributed by atoms with van der Waals surface area (Å²) in [5.41, 5.74) is 1.93. The number of nitriles is 2. The Morgan fingerprint density at radius 2 is 0.927 bits per heavy atom. The topological polar surface area (TPSA) is 103 Å². The Labute approximate surface area is 257 Å². The van der Waals surface area contributed by atoms with Crippen molar-refractivity contribution < 1.29 is 24.7 Å². The van der Waals surface area contributed by atoms with Crippen molar-refractivity contribution in [3.63, 3.8) is 0 Å². The quantitative estimate of drug-likeness (QED) is 0.161. The van der Waals surface area contributed by atoms with Gasteiger partial charge in [-0.2, -0.15) is 10.5 Å². The van der Waals surface area contributed by atoms with Gasteiger partial charge in [0.1, 0.15) is 12.1 Å². The molecule has 8 nitrogen and oxygen atoms in total. The van der Waals surface area contributed by atoms with Crippen LogP contribution in [0.5, 0.6) is 0 Å². The van der Waals surface area contributed by atoms with Crippen molar-refractivity contribution >= 4 is 59.4 Å². The molecule has 0 atom stereocenters. The van der Waals surface area contributed by atoms with Crippen LogP contribution in [0.3, 0.4) is 0 Å². The molecule has 0 saturated carbocycles. The number of hydrogen-bond donors (Lipinski definition) is 0. The summed E-state index contributed by atoms with van der Waals surface area (Å²) in [6.07, 6.45) is 1.79. The van der Waals surface area contributed by atoms with Gasteiger partial charge in [0.05, 0.1) is 11.1 Å². The van der Waals surface area contributed by atoms with Crippen molar-refractivity contribution in [2.75, 3.05) is 0 Å². The van der Waals surface area contributed by atoms with E-state index in [9.17, 15) is 5.26 Å². The highest BCUT2D eigenvalue weighted by Gasteiger charge is 2.48. The molecule has 0 aliphatic carbocycles. The number of aryl methyl sites for hydroxylation is 1. The van der Waals surface area contributed by atoms with Crippen LogP contribution < -0.4 is 0 Å². The van der Waals surface area contributed by atoms with Crippen LogP contribution in [0.15, 0.2) is 18.2 Å². The second-order valence-electron chi connectivity index (χ2n) is 14.4. The maximum Gasteiger partial charge on any atom is 0.314 e. The largest absolute Gasteiger partial charge is 0.437 e. The molecule has 0 spiro atoms. The molecule has 0 radical (unpaired) electrons. The molecule has 0 heterocycles. The van der Waals surface area contributed by atoms with Gasteiger partial charge in [0, 0.05) is 0 Å². The Balaban J connectivity index is 2.78. The van der Waals surface area contributed by atoms with Crippen molar-refractivity contribution in [2.24, 2.45) is 0 Å². The monoisotopic (exact) mass is 686 g/mol. The summed E-state index contributed by atoms with van der Waals surface area (Å²) in [6.45, 7) is 31.9. The summed E-state index contributed by atoms with van der Waals surface area (Å²) in [5.74, 6) is 0. The number of hydrogen-bond acceptors (Lipinski definition) is 8. The van der Waals surface area contributed by atoms with Crippen LogP contribution in [0.1, 0.15) is 23.1 Å². The predicted molar refractivity (Wildman–Crippen MR) is 184 cm³/mol. The van der Waals surface area contributed by atoms with Crippen LogP contribution in [0, 0.1) is 22.7 Å². The van der Waals surface area contributed by atoms with Gasteiger partial charge in [0.25, 0.3) is 0 Å². The van der Waals surface area contributed by atoms with Gasteiger partial charge in [0.15, 0.2) is 16.6 Å². The highest BCUT2D eigenvalue weighted by Crippen LogP contribution is 2.29. The van der Waals surface area contributed by atoms with E-state index in [0.717, 1.165) is 24.4 Å². The molecule has 0 unspecified atom stereocenters. The minimum Gasteiger partial charge on any atom is -0.437 e. The average Bonchev–Trinajstić information content (AvgIpc) is 2.66. The van der Waals surface area contributed by atoms with Crippen LogP contribution in [-0.2, 0) is 31.1 Å². The molecule has 0 amide bonds. The Bertz CT molecular complexity index is 1120. The van der Waals surface area contributed by atoms with Crippen LogP contribution in [-0.4, -0.2) is 59.4 Å². The summed E-state index contributed by atoms with van der Waals surface area (Å²) in [5, 5.41) is 18.5. The minimum atomic E-state index is -2.58. The zero-order valence-electron chi connectivity index (χ0n) is 28.2. The molecule has 0 aliphatic rings. The van der Waals surface area contributed by atoms with E-state index >= 15 is 0 Å². The normalized spacial score (nSPS) is 14.1. The van der Waals surface area contributed by atoms with E-state index in [-0.39, 0.29) is 0 Å². The molecule has 1 aromatic carbocycles. The zero-order chi connectivity index (χ0) is 32.1. The molecule has 0 fully saturated rings. The Morgan fingerprint density at radius 1 is 0.537 bits per heavy atom. The Morgan fingerprint density at radius 3 is 1.32 bits per heavy atom. The summed E-state index contributed by atoms with van der Waals surface area (Å²) in [6, 6.07) is 10.7. The smallest absolute Gasteiger partial charge is 0.314 e. The second-order valence-corrected chi connectivity index (χ2v) is 41.6. The van der Waals surface area contributed by atoms with Gasteiger partial charge in [-0.05, 0) is 135 Å². The van der Waals surface area contributed by atoms with E-state index < -0.39 is 59.4 Å². The molecule has 0 saturated heterocycles. The van der Waals surface area contributed by atoms with Gasteiger partial charge in [0.2, 0.25) is 0 Å². The molecule has 1 aromatic rings. The molecule has 0 N–H and O–H groups in total. The number of nitrogens with zero attached hydrogens (tertiary/aromatic N) is 2. The SMILES string of the molecule is C[Si](C)(C)O[Si](C)(C)O[Si](C)(C)O[Si](C)(C)O[Si](C)(C)O[Si](C)(C)O[Si](C)(C)CCCc1ccc(C#N)c(C#N)c1. The molecule has 1 rings (SSSR count). The third-order valence-corrected chi connectivity index (χ3v) is 31.5. The van der Waals surface area contributed by atoms with E-state index in [0.29, 0.717) is 11.1 Å². The first-order chi connectivity index (χ1) is 18.2. The maximum absolute atomic E-state index is 9.31. The highest BCUT2D eigenvalue weighted by molar-refractivity contribution is 6.91.